The molecule has 2 heteroatoms. The van der Waals surface area contributed by atoms with Gasteiger partial charge < -0.3 is 5.11 Å². The fraction of sp³-hybridized carbons (Fsp3) is 0.556. The number of piperidine rings is 1. The summed E-state index contributed by atoms with van der Waals surface area (Å²) in [6.07, 6.45) is 4.53. The van der Waals surface area contributed by atoms with Gasteiger partial charge in [0.2, 0.25) is 0 Å². The van der Waals surface area contributed by atoms with Gasteiger partial charge in [-0.2, -0.15) is 0 Å². The van der Waals surface area contributed by atoms with Crippen LogP contribution in [0.1, 0.15) is 50.7 Å². The zero-order valence-corrected chi connectivity index (χ0v) is 12.6. The van der Waals surface area contributed by atoms with Crippen molar-refractivity contribution in [3.63, 3.8) is 0 Å². The molecule has 1 saturated heterocycles. The molecule has 0 amide bonds. The van der Waals surface area contributed by atoms with E-state index in [2.05, 4.69) is 54.9 Å². The van der Waals surface area contributed by atoms with Gasteiger partial charge in [-0.05, 0) is 44.4 Å². The first-order chi connectivity index (χ1) is 9.70. The van der Waals surface area contributed by atoms with Crippen LogP contribution in [0.4, 0.5) is 0 Å². The molecule has 2 rings (SSSR count). The lowest BCUT2D eigenvalue weighted by atomic mass is 9.96. The summed E-state index contributed by atoms with van der Waals surface area (Å²) in [6, 6.07) is 9.89. The zero-order valence-electron chi connectivity index (χ0n) is 12.6. The first kappa shape index (κ1) is 15.1. The van der Waals surface area contributed by atoms with E-state index < -0.39 is 0 Å². The molecular formula is C18H25NO. The van der Waals surface area contributed by atoms with Crippen molar-refractivity contribution >= 4 is 0 Å². The molecule has 0 bridgehead atoms. The SMILES string of the molecule is CC1CCCC(C)N1Cc1ccc(C#CCCO)cc1. The highest BCUT2D eigenvalue weighted by Crippen LogP contribution is 2.24. The molecular weight excluding hydrogens is 246 g/mol. The minimum absolute atomic E-state index is 0.135. The molecule has 2 nitrogen and oxygen atoms in total. The van der Waals surface area contributed by atoms with Crippen molar-refractivity contribution < 1.29 is 5.11 Å². The Morgan fingerprint density at radius 2 is 1.80 bits per heavy atom. The average molecular weight is 271 g/mol. The molecule has 1 fully saturated rings. The van der Waals surface area contributed by atoms with Gasteiger partial charge in [0, 0.05) is 30.6 Å². The van der Waals surface area contributed by atoms with Gasteiger partial charge in [0.15, 0.2) is 0 Å². The van der Waals surface area contributed by atoms with Gasteiger partial charge in [-0.3, -0.25) is 4.90 Å². The van der Waals surface area contributed by atoms with Crippen LogP contribution in [-0.4, -0.2) is 28.7 Å². The van der Waals surface area contributed by atoms with Crippen molar-refractivity contribution in [3.05, 3.63) is 35.4 Å². The molecule has 0 saturated carbocycles. The van der Waals surface area contributed by atoms with E-state index in [4.69, 9.17) is 5.11 Å². The van der Waals surface area contributed by atoms with E-state index in [1.165, 1.54) is 24.8 Å². The van der Waals surface area contributed by atoms with Crippen molar-refractivity contribution in [2.45, 2.75) is 58.2 Å². The predicted octanol–water partition coefficient (Wildman–Crippen LogP) is 3.18. The summed E-state index contributed by atoms with van der Waals surface area (Å²) in [5, 5.41) is 8.71. The monoisotopic (exact) mass is 271 g/mol. The normalized spacial score (nSPS) is 23.1. The molecule has 2 atom stereocenters. The molecule has 20 heavy (non-hydrogen) atoms. The second-order valence-corrected chi connectivity index (χ2v) is 5.77. The lowest BCUT2D eigenvalue weighted by Gasteiger charge is -2.39. The summed E-state index contributed by atoms with van der Waals surface area (Å²) in [4.78, 5) is 2.61. The fourth-order valence-electron chi connectivity index (χ4n) is 2.91. The number of nitrogens with zero attached hydrogens (tertiary/aromatic N) is 1. The number of hydrogen-bond donors (Lipinski definition) is 1. The maximum Gasteiger partial charge on any atom is 0.0540 e. The van der Waals surface area contributed by atoms with Crippen molar-refractivity contribution in [1.29, 1.82) is 0 Å². The summed E-state index contributed by atoms with van der Waals surface area (Å²) < 4.78 is 0. The topological polar surface area (TPSA) is 23.5 Å². The number of rotatable bonds is 3. The minimum atomic E-state index is 0.135. The molecule has 2 unspecified atom stereocenters. The molecule has 1 aliphatic rings. The maximum absolute atomic E-state index is 8.71. The van der Waals surface area contributed by atoms with Crippen molar-refractivity contribution in [2.75, 3.05) is 6.61 Å². The lowest BCUT2D eigenvalue weighted by Crippen LogP contribution is -2.42. The Kier molecular flexibility index (Phi) is 5.64. The lowest BCUT2D eigenvalue weighted by molar-refractivity contribution is 0.0953. The van der Waals surface area contributed by atoms with Crippen molar-refractivity contribution in [2.24, 2.45) is 0 Å². The van der Waals surface area contributed by atoms with E-state index >= 15 is 0 Å². The summed E-state index contributed by atoms with van der Waals surface area (Å²) in [5.41, 5.74) is 2.39. The Labute approximate surface area is 122 Å². The molecule has 0 radical (unpaired) electrons. The molecule has 0 spiro atoms. The van der Waals surface area contributed by atoms with Gasteiger partial charge in [0.1, 0.15) is 0 Å². The summed E-state index contributed by atoms with van der Waals surface area (Å²) >= 11 is 0. The van der Waals surface area contributed by atoms with Crippen LogP contribution < -0.4 is 0 Å². The Balaban J connectivity index is 1.98. The van der Waals surface area contributed by atoms with Crippen LogP contribution in [0.15, 0.2) is 24.3 Å². The predicted molar refractivity (Wildman–Crippen MR) is 83.3 cm³/mol. The number of hydrogen-bond acceptors (Lipinski definition) is 2. The van der Waals surface area contributed by atoms with Crippen LogP contribution in [0.5, 0.6) is 0 Å². The van der Waals surface area contributed by atoms with Crippen LogP contribution in [0, 0.1) is 11.8 Å². The zero-order chi connectivity index (χ0) is 14.4. The first-order valence-corrected chi connectivity index (χ1v) is 7.65. The Morgan fingerprint density at radius 3 is 2.40 bits per heavy atom. The molecule has 1 N–H and O–H groups in total. The summed E-state index contributed by atoms with van der Waals surface area (Å²) in [5.74, 6) is 6.03. The van der Waals surface area contributed by atoms with Gasteiger partial charge >= 0.3 is 0 Å². The molecule has 1 aliphatic heterocycles. The largest absolute Gasteiger partial charge is 0.395 e. The highest BCUT2D eigenvalue weighted by molar-refractivity contribution is 5.36. The summed E-state index contributed by atoms with van der Waals surface area (Å²) in [7, 11) is 0. The molecule has 0 aliphatic carbocycles. The van der Waals surface area contributed by atoms with E-state index in [0.717, 1.165) is 12.1 Å². The molecule has 108 valence electrons. The van der Waals surface area contributed by atoms with Crippen LogP contribution >= 0.6 is 0 Å². The third-order valence-corrected chi connectivity index (χ3v) is 4.16. The maximum atomic E-state index is 8.71. The van der Waals surface area contributed by atoms with E-state index in [9.17, 15) is 0 Å². The highest BCUT2D eigenvalue weighted by Gasteiger charge is 2.24. The second kappa shape index (κ2) is 7.47. The van der Waals surface area contributed by atoms with E-state index in [1.54, 1.807) is 0 Å². The van der Waals surface area contributed by atoms with Gasteiger partial charge in [-0.1, -0.05) is 30.4 Å². The number of likely N-dealkylation sites (tertiary alicyclic amines) is 1. The van der Waals surface area contributed by atoms with Crippen LogP contribution in [0.3, 0.4) is 0 Å². The van der Waals surface area contributed by atoms with E-state index in [1.807, 2.05) is 0 Å². The van der Waals surface area contributed by atoms with Crippen LogP contribution in [-0.2, 0) is 6.54 Å². The highest BCUT2D eigenvalue weighted by atomic mass is 16.2. The summed E-state index contributed by atoms with van der Waals surface area (Å²) in [6.45, 7) is 5.84. The molecule has 1 aromatic rings. The smallest absolute Gasteiger partial charge is 0.0540 e. The third-order valence-electron chi connectivity index (χ3n) is 4.16. The van der Waals surface area contributed by atoms with Crippen LogP contribution in [0.25, 0.3) is 0 Å². The van der Waals surface area contributed by atoms with Gasteiger partial charge in [0.25, 0.3) is 0 Å². The average Bonchev–Trinajstić information content (AvgIpc) is 2.45. The van der Waals surface area contributed by atoms with E-state index in [0.29, 0.717) is 18.5 Å². The standard InChI is InChI=1S/C18H25NO/c1-15-6-5-7-16(2)19(15)14-18-11-9-17(10-12-18)8-3-4-13-20/h9-12,15-16,20H,4-7,13-14H2,1-2H3. The number of aliphatic hydroxyl groups is 1. The second-order valence-electron chi connectivity index (χ2n) is 5.77. The van der Waals surface area contributed by atoms with Gasteiger partial charge in [-0.25, -0.2) is 0 Å². The Hall–Kier alpha value is -1.30. The minimum Gasteiger partial charge on any atom is -0.395 e. The molecule has 1 heterocycles. The van der Waals surface area contributed by atoms with Gasteiger partial charge in [-0.15, -0.1) is 0 Å². The van der Waals surface area contributed by atoms with Crippen molar-refractivity contribution in [3.8, 4) is 11.8 Å². The molecule has 1 aromatic carbocycles. The first-order valence-electron chi connectivity index (χ1n) is 7.65. The number of aliphatic hydroxyl groups excluding tert-OH is 1. The number of benzene rings is 1. The molecule has 0 aromatic heterocycles. The van der Waals surface area contributed by atoms with E-state index in [-0.39, 0.29) is 6.61 Å². The quantitative estimate of drug-likeness (QED) is 0.854. The van der Waals surface area contributed by atoms with Crippen LogP contribution in [0.2, 0.25) is 0 Å². The van der Waals surface area contributed by atoms with Gasteiger partial charge in [0.05, 0.1) is 6.61 Å². The fourth-order valence-corrected chi connectivity index (χ4v) is 2.91. The Bertz CT molecular complexity index is 458. The van der Waals surface area contributed by atoms with Crippen molar-refractivity contribution in [1.82, 2.24) is 4.90 Å². The Morgan fingerprint density at radius 1 is 1.15 bits per heavy atom. The third kappa shape index (κ3) is 4.10.